The number of nitrogens with zero attached hydrogens (tertiary/aromatic N) is 2. The minimum Gasteiger partial charge on any atom is -0.325 e. The minimum absolute atomic E-state index is 0.237. The first kappa shape index (κ1) is 18.1. The molecule has 3 aromatic rings. The Balaban J connectivity index is 1.63. The molecule has 2 N–H and O–H groups in total. The molecule has 5 nitrogen and oxygen atoms in total. The summed E-state index contributed by atoms with van der Waals surface area (Å²) in [5.74, 6) is 0.0305. The molecule has 26 heavy (non-hydrogen) atoms. The summed E-state index contributed by atoms with van der Waals surface area (Å²) in [5.41, 5.74) is 2.62. The molecule has 0 aliphatic heterocycles. The summed E-state index contributed by atoms with van der Waals surface area (Å²) < 4.78 is 13.2. The standard InChI is InChI=1S/C19H19FN4OS/c1-3-13-7-9-14(10-8-13)17-22-19(24-23-17)26-12(2)18(25)21-16-6-4-5-15(20)11-16/h4-12H,3H2,1-2H3,(H,21,25)(H,22,23,24)/t12-/m0/s1. The van der Waals surface area contributed by atoms with Gasteiger partial charge in [0.05, 0.1) is 5.25 Å². The van der Waals surface area contributed by atoms with Crippen molar-refractivity contribution in [1.29, 1.82) is 0 Å². The lowest BCUT2D eigenvalue weighted by atomic mass is 10.1. The molecule has 134 valence electrons. The van der Waals surface area contributed by atoms with Crippen molar-refractivity contribution in [3.63, 3.8) is 0 Å². The Morgan fingerprint density at radius 3 is 2.73 bits per heavy atom. The molecule has 0 aliphatic carbocycles. The molecule has 0 bridgehead atoms. The van der Waals surface area contributed by atoms with Crippen LogP contribution in [-0.4, -0.2) is 26.3 Å². The van der Waals surface area contributed by atoms with Gasteiger partial charge in [-0.15, -0.1) is 5.10 Å². The van der Waals surface area contributed by atoms with Crippen molar-refractivity contribution in [2.75, 3.05) is 5.32 Å². The lowest BCUT2D eigenvalue weighted by Crippen LogP contribution is -2.22. The summed E-state index contributed by atoms with van der Waals surface area (Å²) in [4.78, 5) is 16.7. The first-order valence-electron chi connectivity index (χ1n) is 8.30. The van der Waals surface area contributed by atoms with Gasteiger partial charge in [0.15, 0.2) is 5.82 Å². The summed E-state index contributed by atoms with van der Waals surface area (Å²) in [6.07, 6.45) is 0.982. The number of H-pyrrole nitrogens is 1. The molecule has 0 saturated carbocycles. The molecule has 2 aromatic carbocycles. The number of aromatic nitrogens is 3. The number of thioether (sulfide) groups is 1. The van der Waals surface area contributed by atoms with Crippen molar-refractivity contribution in [1.82, 2.24) is 15.2 Å². The number of nitrogens with one attached hydrogen (secondary N) is 2. The van der Waals surface area contributed by atoms with Crippen LogP contribution in [0.4, 0.5) is 10.1 Å². The lowest BCUT2D eigenvalue weighted by Gasteiger charge is -2.10. The number of rotatable bonds is 6. The Morgan fingerprint density at radius 1 is 1.27 bits per heavy atom. The van der Waals surface area contributed by atoms with E-state index < -0.39 is 11.1 Å². The molecule has 3 rings (SSSR count). The highest BCUT2D eigenvalue weighted by atomic mass is 32.2. The molecule has 1 amide bonds. The molecular weight excluding hydrogens is 351 g/mol. The monoisotopic (exact) mass is 370 g/mol. The topological polar surface area (TPSA) is 70.7 Å². The van der Waals surface area contributed by atoms with E-state index in [1.165, 1.54) is 29.5 Å². The Labute approximate surface area is 155 Å². The third-order valence-electron chi connectivity index (χ3n) is 3.84. The predicted molar refractivity (Wildman–Crippen MR) is 102 cm³/mol. The maximum Gasteiger partial charge on any atom is 0.237 e. The number of hydrogen-bond donors (Lipinski definition) is 2. The van der Waals surface area contributed by atoms with Crippen LogP contribution in [0.5, 0.6) is 0 Å². The second kappa shape index (κ2) is 8.14. The molecule has 0 aliphatic rings. The van der Waals surface area contributed by atoms with E-state index in [2.05, 4.69) is 39.6 Å². The number of hydrogen-bond acceptors (Lipinski definition) is 4. The number of carbonyl (C=O) groups is 1. The third kappa shape index (κ3) is 4.49. The van der Waals surface area contributed by atoms with E-state index in [4.69, 9.17) is 0 Å². The zero-order valence-corrected chi connectivity index (χ0v) is 15.3. The SMILES string of the molecule is CCc1ccc(-c2nc(S[C@@H](C)C(=O)Nc3cccc(F)c3)n[nH]2)cc1. The summed E-state index contributed by atoms with van der Waals surface area (Å²) in [7, 11) is 0. The first-order valence-corrected chi connectivity index (χ1v) is 9.18. The van der Waals surface area contributed by atoms with Gasteiger partial charge in [-0.1, -0.05) is 49.0 Å². The molecule has 0 spiro atoms. The van der Waals surface area contributed by atoms with Crippen molar-refractivity contribution in [2.45, 2.75) is 30.7 Å². The molecule has 1 aromatic heterocycles. The highest BCUT2D eigenvalue weighted by Crippen LogP contribution is 2.24. The smallest absolute Gasteiger partial charge is 0.237 e. The van der Waals surface area contributed by atoms with Crippen LogP contribution in [0.25, 0.3) is 11.4 Å². The van der Waals surface area contributed by atoms with Gasteiger partial charge in [0.1, 0.15) is 5.82 Å². The van der Waals surface area contributed by atoms with Gasteiger partial charge >= 0.3 is 0 Å². The zero-order valence-electron chi connectivity index (χ0n) is 14.5. The van der Waals surface area contributed by atoms with E-state index in [0.717, 1.165) is 12.0 Å². The first-order chi connectivity index (χ1) is 12.5. The number of carbonyl (C=O) groups excluding carboxylic acids is 1. The molecule has 1 atom stereocenters. The molecule has 0 radical (unpaired) electrons. The Morgan fingerprint density at radius 2 is 2.04 bits per heavy atom. The van der Waals surface area contributed by atoms with E-state index >= 15 is 0 Å². The van der Waals surface area contributed by atoms with Crippen molar-refractivity contribution in [3.8, 4) is 11.4 Å². The van der Waals surface area contributed by atoms with Crippen LogP contribution in [0.3, 0.4) is 0 Å². The van der Waals surface area contributed by atoms with Crippen LogP contribution in [0, 0.1) is 5.82 Å². The minimum atomic E-state index is -0.426. The number of aromatic amines is 1. The van der Waals surface area contributed by atoms with Crippen molar-refractivity contribution in [2.24, 2.45) is 0 Å². The summed E-state index contributed by atoms with van der Waals surface area (Å²) in [5, 5.41) is 9.81. The maximum atomic E-state index is 13.2. The second-order valence-electron chi connectivity index (χ2n) is 5.78. The van der Waals surface area contributed by atoms with E-state index in [9.17, 15) is 9.18 Å². The number of halogens is 1. The second-order valence-corrected chi connectivity index (χ2v) is 7.08. The number of anilines is 1. The molecule has 0 fully saturated rings. The number of benzene rings is 2. The Hall–Kier alpha value is -2.67. The highest BCUT2D eigenvalue weighted by Gasteiger charge is 2.18. The molecular formula is C19H19FN4OS. The van der Waals surface area contributed by atoms with Crippen LogP contribution in [0.15, 0.2) is 53.7 Å². The van der Waals surface area contributed by atoms with Gasteiger partial charge in [0.2, 0.25) is 11.1 Å². The van der Waals surface area contributed by atoms with Gasteiger partial charge in [-0.3, -0.25) is 9.89 Å². The van der Waals surface area contributed by atoms with Gasteiger partial charge in [-0.2, -0.15) is 0 Å². The van der Waals surface area contributed by atoms with Crippen molar-refractivity contribution in [3.05, 3.63) is 59.9 Å². The molecule has 0 unspecified atom stereocenters. The molecule has 7 heteroatoms. The third-order valence-corrected chi connectivity index (χ3v) is 4.81. The van der Waals surface area contributed by atoms with E-state index in [1.54, 1.807) is 19.1 Å². The number of amides is 1. The average Bonchev–Trinajstić information content (AvgIpc) is 3.10. The van der Waals surface area contributed by atoms with E-state index in [-0.39, 0.29) is 5.91 Å². The normalized spacial score (nSPS) is 12.0. The van der Waals surface area contributed by atoms with E-state index in [0.29, 0.717) is 16.7 Å². The summed E-state index contributed by atoms with van der Waals surface area (Å²) >= 11 is 1.24. The zero-order chi connectivity index (χ0) is 18.5. The van der Waals surface area contributed by atoms with Gasteiger partial charge in [-0.25, -0.2) is 9.37 Å². The fourth-order valence-electron chi connectivity index (χ4n) is 2.35. The van der Waals surface area contributed by atoms with Crippen LogP contribution in [-0.2, 0) is 11.2 Å². The molecule has 1 heterocycles. The van der Waals surface area contributed by atoms with Crippen LogP contribution < -0.4 is 5.32 Å². The summed E-state index contributed by atoms with van der Waals surface area (Å²) in [6, 6.07) is 13.9. The van der Waals surface area contributed by atoms with Crippen LogP contribution in [0.2, 0.25) is 0 Å². The maximum absolute atomic E-state index is 13.2. The van der Waals surface area contributed by atoms with Crippen LogP contribution in [0.1, 0.15) is 19.4 Å². The van der Waals surface area contributed by atoms with Gasteiger partial charge in [-0.05, 0) is 37.1 Å². The van der Waals surface area contributed by atoms with Gasteiger partial charge in [0.25, 0.3) is 0 Å². The van der Waals surface area contributed by atoms with Crippen molar-refractivity contribution < 1.29 is 9.18 Å². The fourth-order valence-corrected chi connectivity index (χ4v) is 3.07. The van der Waals surface area contributed by atoms with E-state index in [1.807, 2.05) is 12.1 Å². The average molecular weight is 370 g/mol. The highest BCUT2D eigenvalue weighted by molar-refractivity contribution is 8.00. The Kier molecular flexibility index (Phi) is 5.68. The summed E-state index contributed by atoms with van der Waals surface area (Å²) in [6.45, 7) is 3.86. The lowest BCUT2D eigenvalue weighted by molar-refractivity contribution is -0.115. The van der Waals surface area contributed by atoms with Crippen molar-refractivity contribution >= 4 is 23.4 Å². The fraction of sp³-hybridized carbons (Fsp3) is 0.211. The molecule has 0 saturated heterocycles. The Bertz CT molecular complexity index is 895. The predicted octanol–water partition coefficient (Wildman–Crippen LogP) is 4.29. The van der Waals surface area contributed by atoms with Gasteiger partial charge in [0, 0.05) is 11.3 Å². The number of aryl methyl sites for hydroxylation is 1. The largest absolute Gasteiger partial charge is 0.325 e. The quantitative estimate of drug-likeness (QED) is 0.635. The van der Waals surface area contributed by atoms with Gasteiger partial charge < -0.3 is 5.32 Å². The van der Waals surface area contributed by atoms with Crippen LogP contribution >= 0.6 is 11.8 Å².